The largest absolute Gasteiger partial charge is 0.284 e. The lowest BCUT2D eigenvalue weighted by Crippen LogP contribution is -2.26. The summed E-state index contributed by atoms with van der Waals surface area (Å²) in [4.78, 5) is 20.8. The van der Waals surface area contributed by atoms with Crippen LogP contribution in [-0.2, 0) is 25.6 Å². The van der Waals surface area contributed by atoms with Crippen LogP contribution in [0.15, 0.2) is 22.3 Å². The quantitative estimate of drug-likeness (QED) is 0.352. The average molecular weight is 403 g/mol. The van der Waals surface area contributed by atoms with Gasteiger partial charge >= 0.3 is 0 Å². The molecule has 27 heavy (non-hydrogen) atoms. The molecule has 0 saturated carbocycles. The van der Waals surface area contributed by atoms with Gasteiger partial charge in [0.15, 0.2) is 5.16 Å². The van der Waals surface area contributed by atoms with Gasteiger partial charge in [0.1, 0.15) is 4.83 Å². The fourth-order valence-corrected chi connectivity index (χ4v) is 6.06. The summed E-state index contributed by atoms with van der Waals surface area (Å²) in [7, 11) is 1.92. The highest BCUT2D eigenvalue weighted by Gasteiger charge is 2.23. The number of fused-ring (bicyclic) bond motifs is 3. The Morgan fingerprint density at radius 3 is 2.85 bits per heavy atom. The van der Waals surface area contributed by atoms with Gasteiger partial charge in [0.25, 0.3) is 5.56 Å². The number of aryl methyl sites for hydroxylation is 3. The van der Waals surface area contributed by atoms with Crippen LogP contribution in [0.3, 0.4) is 0 Å². The molecule has 0 fully saturated rings. The molecule has 7 heteroatoms. The van der Waals surface area contributed by atoms with Crippen molar-refractivity contribution in [2.24, 2.45) is 7.05 Å². The van der Waals surface area contributed by atoms with Crippen LogP contribution < -0.4 is 5.56 Å². The molecule has 3 aromatic heterocycles. The topological polar surface area (TPSA) is 52.7 Å². The van der Waals surface area contributed by atoms with Gasteiger partial charge in [0.2, 0.25) is 0 Å². The van der Waals surface area contributed by atoms with Gasteiger partial charge in [-0.1, -0.05) is 25.1 Å². The van der Waals surface area contributed by atoms with E-state index in [-0.39, 0.29) is 11.6 Å². The molecule has 0 radical (unpaired) electrons. The van der Waals surface area contributed by atoms with Gasteiger partial charge in [-0.3, -0.25) is 14.0 Å². The Kier molecular flexibility index (Phi) is 5.41. The second-order valence-corrected chi connectivity index (χ2v) is 9.41. The van der Waals surface area contributed by atoms with Crippen LogP contribution in [0.4, 0.5) is 0 Å². The minimum atomic E-state index is 0.145. The summed E-state index contributed by atoms with van der Waals surface area (Å²) in [6.45, 7) is 4.25. The zero-order valence-electron chi connectivity index (χ0n) is 16.2. The van der Waals surface area contributed by atoms with Crippen LogP contribution in [0, 0.1) is 0 Å². The third-order valence-corrected chi connectivity index (χ3v) is 7.61. The molecular formula is C20H26N4OS2. The van der Waals surface area contributed by atoms with E-state index in [1.807, 2.05) is 28.7 Å². The number of nitrogens with zero attached hydrogens (tertiary/aromatic N) is 4. The van der Waals surface area contributed by atoms with Crippen molar-refractivity contribution in [1.82, 2.24) is 19.3 Å². The molecule has 3 aromatic rings. The normalized spacial score (nSPS) is 15.7. The van der Waals surface area contributed by atoms with Crippen LogP contribution in [0.1, 0.15) is 61.6 Å². The maximum Gasteiger partial charge on any atom is 0.263 e. The molecular weight excluding hydrogens is 376 g/mol. The minimum absolute atomic E-state index is 0.145. The monoisotopic (exact) mass is 402 g/mol. The van der Waals surface area contributed by atoms with Crippen LogP contribution in [0.2, 0.25) is 0 Å². The first kappa shape index (κ1) is 18.7. The molecule has 3 heterocycles. The summed E-state index contributed by atoms with van der Waals surface area (Å²) >= 11 is 3.38. The van der Waals surface area contributed by atoms with Crippen LogP contribution in [0.5, 0.6) is 0 Å². The first-order chi connectivity index (χ1) is 13.1. The Bertz CT molecular complexity index is 1020. The van der Waals surface area contributed by atoms with Crippen molar-refractivity contribution in [3.8, 4) is 0 Å². The molecule has 4 rings (SSSR count). The maximum absolute atomic E-state index is 13.5. The smallest absolute Gasteiger partial charge is 0.263 e. The molecule has 1 atom stereocenters. The molecule has 0 amide bonds. The van der Waals surface area contributed by atoms with Gasteiger partial charge < -0.3 is 0 Å². The van der Waals surface area contributed by atoms with Crippen molar-refractivity contribution in [3.63, 3.8) is 0 Å². The predicted octanol–water partition coefficient (Wildman–Crippen LogP) is 4.72. The molecule has 0 N–H and O–H groups in total. The van der Waals surface area contributed by atoms with E-state index in [2.05, 4.69) is 18.9 Å². The van der Waals surface area contributed by atoms with Crippen molar-refractivity contribution in [3.05, 3.63) is 38.8 Å². The lowest BCUT2D eigenvalue weighted by atomic mass is 10.1. The first-order valence-electron chi connectivity index (χ1n) is 9.75. The van der Waals surface area contributed by atoms with Crippen molar-refractivity contribution >= 4 is 33.3 Å². The molecule has 1 aliphatic carbocycles. The zero-order chi connectivity index (χ0) is 19.0. The lowest BCUT2D eigenvalue weighted by Gasteiger charge is -2.17. The third-order valence-electron chi connectivity index (χ3n) is 5.40. The Labute approximate surface area is 167 Å². The van der Waals surface area contributed by atoms with E-state index in [4.69, 9.17) is 4.98 Å². The van der Waals surface area contributed by atoms with Gasteiger partial charge in [-0.05, 0) is 44.6 Å². The second-order valence-electron chi connectivity index (χ2n) is 7.38. The fraction of sp³-hybridized carbons (Fsp3) is 0.550. The van der Waals surface area contributed by atoms with Gasteiger partial charge in [-0.2, -0.15) is 5.10 Å². The standard InChI is InChI=1S/C20H26N4OS2/c1-4-13(2)24-19(25)17-15-8-6-5-7-9-16(15)27-18(17)22-20(24)26-12-14-10-21-23(3)11-14/h10-11,13H,4-9,12H2,1-3H3. The van der Waals surface area contributed by atoms with Crippen molar-refractivity contribution in [1.29, 1.82) is 0 Å². The van der Waals surface area contributed by atoms with Gasteiger partial charge in [-0.25, -0.2) is 4.98 Å². The molecule has 0 saturated heterocycles. The van der Waals surface area contributed by atoms with E-state index in [1.54, 1.807) is 23.1 Å². The van der Waals surface area contributed by atoms with E-state index in [0.717, 1.165) is 46.0 Å². The van der Waals surface area contributed by atoms with Crippen LogP contribution in [0.25, 0.3) is 10.2 Å². The Hall–Kier alpha value is -1.60. The number of thioether (sulfide) groups is 1. The van der Waals surface area contributed by atoms with E-state index < -0.39 is 0 Å². The number of thiophene rings is 1. The predicted molar refractivity (Wildman–Crippen MR) is 113 cm³/mol. The van der Waals surface area contributed by atoms with E-state index in [0.29, 0.717) is 0 Å². The van der Waals surface area contributed by atoms with Gasteiger partial charge in [-0.15, -0.1) is 11.3 Å². The summed E-state index contributed by atoms with van der Waals surface area (Å²) in [5, 5.41) is 5.97. The molecule has 144 valence electrons. The van der Waals surface area contributed by atoms with Crippen molar-refractivity contribution in [2.45, 2.75) is 69.3 Å². The lowest BCUT2D eigenvalue weighted by molar-refractivity contribution is 0.468. The Morgan fingerprint density at radius 1 is 1.30 bits per heavy atom. The van der Waals surface area contributed by atoms with E-state index in [9.17, 15) is 4.79 Å². The molecule has 0 spiro atoms. The Morgan fingerprint density at radius 2 is 2.11 bits per heavy atom. The number of aromatic nitrogens is 4. The number of hydrogen-bond acceptors (Lipinski definition) is 5. The molecule has 1 unspecified atom stereocenters. The SMILES string of the molecule is CCC(C)n1c(SCc2cnn(C)c2)nc2sc3c(c2c1=O)CCCCC3. The minimum Gasteiger partial charge on any atom is -0.284 e. The average Bonchev–Trinajstić information content (AvgIpc) is 3.15. The molecule has 1 aliphatic rings. The maximum atomic E-state index is 13.5. The third kappa shape index (κ3) is 3.59. The highest BCUT2D eigenvalue weighted by atomic mass is 32.2. The van der Waals surface area contributed by atoms with Gasteiger partial charge in [0.05, 0.1) is 11.6 Å². The van der Waals surface area contributed by atoms with E-state index in [1.165, 1.54) is 29.7 Å². The first-order valence-corrected chi connectivity index (χ1v) is 11.6. The summed E-state index contributed by atoms with van der Waals surface area (Å²) in [5.41, 5.74) is 2.59. The Balaban J connectivity index is 1.80. The molecule has 0 aromatic carbocycles. The van der Waals surface area contributed by atoms with Crippen molar-refractivity contribution in [2.75, 3.05) is 0 Å². The zero-order valence-corrected chi connectivity index (χ0v) is 17.8. The molecule has 0 aliphatic heterocycles. The van der Waals surface area contributed by atoms with Crippen LogP contribution >= 0.6 is 23.1 Å². The second kappa shape index (κ2) is 7.80. The number of hydrogen-bond donors (Lipinski definition) is 0. The summed E-state index contributed by atoms with van der Waals surface area (Å²) in [6, 6.07) is 0.145. The molecule has 5 nitrogen and oxygen atoms in total. The summed E-state index contributed by atoms with van der Waals surface area (Å²) in [5.74, 6) is 0.771. The van der Waals surface area contributed by atoms with Gasteiger partial charge in [0, 0.05) is 35.5 Å². The molecule has 0 bridgehead atoms. The highest BCUT2D eigenvalue weighted by molar-refractivity contribution is 7.98. The van der Waals surface area contributed by atoms with Crippen LogP contribution in [-0.4, -0.2) is 19.3 Å². The summed E-state index contributed by atoms with van der Waals surface area (Å²) in [6.07, 6.45) is 10.6. The fourth-order valence-electron chi connectivity index (χ4n) is 3.74. The van der Waals surface area contributed by atoms with E-state index >= 15 is 0 Å². The van der Waals surface area contributed by atoms with Crippen molar-refractivity contribution < 1.29 is 0 Å². The highest BCUT2D eigenvalue weighted by Crippen LogP contribution is 2.35. The summed E-state index contributed by atoms with van der Waals surface area (Å²) < 4.78 is 3.74. The number of rotatable bonds is 5.